The molecule has 39 heavy (non-hydrogen) atoms. The topological polar surface area (TPSA) is 101 Å². The van der Waals surface area contributed by atoms with E-state index in [4.69, 9.17) is 5.73 Å². The molecular weight excluding hydrogens is 527 g/mol. The fourth-order valence-corrected chi connectivity index (χ4v) is 6.20. The van der Waals surface area contributed by atoms with Crippen LogP contribution < -0.4 is 15.8 Å². The van der Waals surface area contributed by atoms with Gasteiger partial charge in [0.1, 0.15) is 0 Å². The fourth-order valence-electron chi connectivity index (χ4n) is 4.93. The van der Waals surface area contributed by atoms with Crippen LogP contribution in [0.25, 0.3) is 0 Å². The minimum atomic E-state index is -4.69. The first-order chi connectivity index (χ1) is 18.6. The molecule has 0 heterocycles. The van der Waals surface area contributed by atoms with Gasteiger partial charge in [0.2, 0.25) is 15.9 Å². The molecule has 0 saturated heterocycles. The van der Waals surface area contributed by atoms with Crippen LogP contribution in [0, 0.1) is 0 Å². The monoisotopic (exact) mass is 559 g/mol. The summed E-state index contributed by atoms with van der Waals surface area (Å²) in [5.41, 5.74) is 8.53. The number of sulfonamides is 1. The molecule has 4 N–H and O–H groups in total. The molecule has 10 heteroatoms. The Hall–Kier alpha value is -3.21. The zero-order chi connectivity index (χ0) is 28.0. The average molecular weight is 560 g/mol. The Balaban J connectivity index is 1.52. The molecule has 1 amide bonds. The Bertz CT molecular complexity index is 1400. The van der Waals surface area contributed by atoms with Crippen molar-refractivity contribution < 1.29 is 26.4 Å². The Morgan fingerprint density at radius 2 is 1.79 bits per heavy atom. The van der Waals surface area contributed by atoms with Crippen molar-refractivity contribution in [1.29, 1.82) is 0 Å². The number of halogens is 3. The van der Waals surface area contributed by atoms with Crippen molar-refractivity contribution in [2.45, 2.75) is 61.7 Å². The van der Waals surface area contributed by atoms with Crippen LogP contribution in [0.2, 0.25) is 0 Å². The number of hydrogen-bond acceptors (Lipinski definition) is 4. The van der Waals surface area contributed by atoms with Gasteiger partial charge < -0.3 is 11.1 Å². The van der Waals surface area contributed by atoms with Gasteiger partial charge in [-0.25, -0.2) is 13.1 Å². The number of carbonyl (C=O) groups is 1. The summed E-state index contributed by atoms with van der Waals surface area (Å²) in [6, 6.07) is 17.1. The van der Waals surface area contributed by atoms with Crippen LogP contribution in [0.3, 0.4) is 0 Å². The van der Waals surface area contributed by atoms with Gasteiger partial charge in [-0.15, -0.1) is 0 Å². The molecule has 208 valence electrons. The second-order valence-electron chi connectivity index (χ2n) is 9.75. The zero-order valence-electron chi connectivity index (χ0n) is 21.4. The molecule has 0 bridgehead atoms. The average Bonchev–Trinajstić information content (AvgIpc) is 2.91. The highest BCUT2D eigenvalue weighted by Crippen LogP contribution is 2.32. The second kappa shape index (κ2) is 12.3. The summed E-state index contributed by atoms with van der Waals surface area (Å²) in [4.78, 5) is 12.7. The largest absolute Gasteiger partial charge is 0.416 e. The van der Waals surface area contributed by atoms with Gasteiger partial charge in [0.25, 0.3) is 0 Å². The summed E-state index contributed by atoms with van der Waals surface area (Å²) < 4.78 is 68.3. The third-order valence-corrected chi connectivity index (χ3v) is 8.36. The fraction of sp³-hybridized carbons (Fsp3) is 0.345. The van der Waals surface area contributed by atoms with Crippen molar-refractivity contribution in [3.63, 3.8) is 0 Å². The number of rotatable bonds is 10. The van der Waals surface area contributed by atoms with E-state index in [1.807, 2.05) is 6.07 Å². The molecule has 0 saturated carbocycles. The highest BCUT2D eigenvalue weighted by molar-refractivity contribution is 7.89. The van der Waals surface area contributed by atoms with E-state index in [-0.39, 0.29) is 18.4 Å². The third kappa shape index (κ3) is 7.46. The molecule has 0 radical (unpaired) electrons. The number of alkyl halides is 3. The van der Waals surface area contributed by atoms with Gasteiger partial charge >= 0.3 is 6.18 Å². The van der Waals surface area contributed by atoms with Gasteiger partial charge in [-0.3, -0.25) is 4.79 Å². The van der Waals surface area contributed by atoms with Crippen molar-refractivity contribution in [3.8, 4) is 0 Å². The molecular formula is C29H32F3N3O3S. The number of aryl methyl sites for hydroxylation is 2. The maximum Gasteiger partial charge on any atom is 0.416 e. The summed E-state index contributed by atoms with van der Waals surface area (Å²) >= 11 is 0. The number of benzene rings is 3. The van der Waals surface area contributed by atoms with Crippen LogP contribution in [-0.2, 0) is 33.8 Å². The Morgan fingerprint density at radius 1 is 1.03 bits per heavy atom. The molecule has 1 unspecified atom stereocenters. The zero-order valence-corrected chi connectivity index (χ0v) is 22.2. The van der Waals surface area contributed by atoms with Gasteiger partial charge in [-0.05, 0) is 79.1 Å². The lowest BCUT2D eigenvalue weighted by Gasteiger charge is -2.28. The first-order valence-corrected chi connectivity index (χ1v) is 14.4. The second-order valence-corrected chi connectivity index (χ2v) is 11.5. The van der Waals surface area contributed by atoms with Crippen LogP contribution in [0.15, 0.2) is 77.7 Å². The third-order valence-electron chi connectivity index (χ3n) is 6.89. The molecule has 2 atom stereocenters. The minimum absolute atomic E-state index is 0.207. The lowest BCUT2D eigenvalue weighted by molar-refractivity contribution is -0.137. The quantitative estimate of drug-likeness (QED) is 0.318. The van der Waals surface area contributed by atoms with Crippen molar-refractivity contribution in [2.24, 2.45) is 5.73 Å². The number of carbonyl (C=O) groups excluding carboxylic acids is 1. The van der Waals surface area contributed by atoms with Gasteiger partial charge in [0.05, 0.1) is 22.5 Å². The molecule has 6 nitrogen and oxygen atoms in total. The van der Waals surface area contributed by atoms with Crippen molar-refractivity contribution >= 4 is 15.9 Å². The smallest absolute Gasteiger partial charge is 0.349 e. The number of nitrogens with one attached hydrogen (secondary N) is 2. The SMILES string of the molecule is NCCCc1ccc2c(c1)CCCC2NC(=O)C[C@@H](NS(=O)(=O)c1cccc(C(F)(F)F)c1)c1ccccc1. The van der Waals surface area contributed by atoms with E-state index in [9.17, 15) is 26.4 Å². The van der Waals surface area contributed by atoms with Crippen molar-refractivity contribution in [1.82, 2.24) is 10.0 Å². The number of amides is 1. The first kappa shape index (κ1) is 28.8. The van der Waals surface area contributed by atoms with Crippen molar-refractivity contribution in [2.75, 3.05) is 6.54 Å². The van der Waals surface area contributed by atoms with Crippen molar-refractivity contribution in [3.05, 3.63) is 101 Å². The summed E-state index contributed by atoms with van der Waals surface area (Å²) in [6.07, 6.45) is -0.535. The molecule has 4 rings (SSSR count). The van der Waals surface area contributed by atoms with Gasteiger partial charge in [-0.2, -0.15) is 13.2 Å². The highest BCUT2D eigenvalue weighted by Gasteiger charge is 2.32. The van der Waals surface area contributed by atoms with E-state index in [2.05, 4.69) is 22.2 Å². The molecule has 0 spiro atoms. The first-order valence-electron chi connectivity index (χ1n) is 12.9. The Morgan fingerprint density at radius 3 is 2.51 bits per heavy atom. The van der Waals surface area contributed by atoms with Crippen LogP contribution in [0.5, 0.6) is 0 Å². The summed E-state index contributed by atoms with van der Waals surface area (Å²) in [6.45, 7) is 0.621. The van der Waals surface area contributed by atoms with Gasteiger partial charge in [-0.1, -0.05) is 54.6 Å². The maximum absolute atomic E-state index is 13.2. The Kier molecular flexibility index (Phi) is 9.09. The molecule has 1 aliphatic rings. The minimum Gasteiger partial charge on any atom is -0.349 e. The van der Waals surface area contributed by atoms with E-state index in [1.54, 1.807) is 30.3 Å². The molecule has 0 aromatic heterocycles. The van der Waals surface area contributed by atoms with Gasteiger partial charge in [0.15, 0.2) is 0 Å². The van der Waals surface area contributed by atoms with Crippen LogP contribution in [-0.4, -0.2) is 20.9 Å². The normalized spacial score (nSPS) is 16.4. The molecule has 0 aliphatic heterocycles. The summed E-state index contributed by atoms with van der Waals surface area (Å²) in [5.74, 6) is -0.361. The lowest BCUT2D eigenvalue weighted by atomic mass is 9.86. The van der Waals surface area contributed by atoms with E-state index in [0.717, 1.165) is 55.9 Å². The maximum atomic E-state index is 13.2. The van der Waals surface area contributed by atoms with E-state index in [0.29, 0.717) is 18.2 Å². The molecule has 1 aliphatic carbocycles. The predicted molar refractivity (Wildman–Crippen MR) is 143 cm³/mol. The molecule has 0 fully saturated rings. The summed E-state index contributed by atoms with van der Waals surface area (Å²) in [7, 11) is -4.37. The van der Waals surface area contributed by atoms with Crippen LogP contribution >= 0.6 is 0 Å². The highest BCUT2D eigenvalue weighted by atomic mass is 32.2. The van der Waals surface area contributed by atoms with E-state index >= 15 is 0 Å². The summed E-state index contributed by atoms with van der Waals surface area (Å²) in [5, 5.41) is 3.05. The van der Waals surface area contributed by atoms with E-state index < -0.39 is 32.7 Å². The van der Waals surface area contributed by atoms with E-state index in [1.165, 1.54) is 11.1 Å². The lowest BCUT2D eigenvalue weighted by Crippen LogP contribution is -2.36. The molecule has 3 aromatic carbocycles. The van der Waals surface area contributed by atoms with Gasteiger partial charge in [0, 0.05) is 6.42 Å². The van der Waals surface area contributed by atoms with Crippen LogP contribution in [0.1, 0.15) is 65.6 Å². The van der Waals surface area contributed by atoms with Crippen LogP contribution in [0.4, 0.5) is 13.2 Å². The number of nitrogens with two attached hydrogens (primary N) is 1. The molecule has 3 aromatic rings. The standard InChI is InChI=1S/C29H32F3N3O3S/c30-29(31,32)23-11-5-12-24(18-23)39(37,38)35-27(21-8-2-1-3-9-21)19-28(36)34-26-13-4-10-22-17-20(7-6-16-33)14-15-25(22)26/h1-3,5,8-9,11-12,14-15,17-18,26-27,35H,4,6-7,10,13,16,19,33H2,(H,34,36)/t26?,27-/m1/s1. The predicted octanol–water partition coefficient (Wildman–Crippen LogP) is 5.20. The number of fused-ring (bicyclic) bond motifs is 1. The number of hydrogen-bond donors (Lipinski definition) is 3. The Labute approximate surface area is 226 Å².